The Morgan fingerprint density at radius 1 is 0.634 bits per heavy atom. The van der Waals surface area contributed by atoms with Gasteiger partial charge in [-0.05, 0) is 32.2 Å². The number of carbonyl (C=O) groups is 3. The van der Waals surface area contributed by atoms with Gasteiger partial charge in [0.2, 0.25) is 11.8 Å². The maximum Gasteiger partial charge on any atom is 0.326 e. The molecule has 0 aliphatic heterocycles. The fraction of sp³-hybridized carbons (Fsp3) is 0.903. The molecule has 10 heteroatoms. The number of carboxylic acid groups (broad SMARTS) is 1. The Bertz CT molecular complexity index is 623. The van der Waals surface area contributed by atoms with Crippen LogP contribution in [0.4, 0.5) is 0 Å². The van der Waals surface area contributed by atoms with Gasteiger partial charge in [-0.25, -0.2) is 4.79 Å². The van der Waals surface area contributed by atoms with E-state index < -0.39 is 12.0 Å². The average molecular weight is 588 g/mol. The van der Waals surface area contributed by atoms with Gasteiger partial charge in [0, 0.05) is 32.6 Å². The predicted molar refractivity (Wildman–Crippen MR) is 163 cm³/mol. The zero-order chi connectivity index (χ0) is 30.2. The first-order chi connectivity index (χ1) is 20.0. The van der Waals surface area contributed by atoms with Gasteiger partial charge < -0.3 is 35.7 Å². The summed E-state index contributed by atoms with van der Waals surface area (Å²) < 4.78 is 16.2. The van der Waals surface area contributed by atoms with Crippen LogP contribution in [0.2, 0.25) is 0 Å². The number of unbranched alkanes of at least 4 members (excludes halogenated alkanes) is 12. The zero-order valence-corrected chi connectivity index (χ0v) is 25.9. The number of amides is 2. The highest BCUT2D eigenvalue weighted by Gasteiger charge is 2.20. The normalized spacial score (nSPS) is 11.9. The molecule has 0 radical (unpaired) electrons. The Kier molecular flexibility index (Phi) is 29.9. The van der Waals surface area contributed by atoms with Crippen molar-refractivity contribution in [2.75, 3.05) is 52.7 Å². The summed E-state index contributed by atoms with van der Waals surface area (Å²) in [6.45, 7) is 6.45. The fourth-order valence-corrected chi connectivity index (χ4v) is 4.32. The molecule has 0 bridgehead atoms. The van der Waals surface area contributed by atoms with Crippen LogP contribution in [0, 0.1) is 0 Å². The second-order valence-electron chi connectivity index (χ2n) is 10.7. The summed E-state index contributed by atoms with van der Waals surface area (Å²) >= 11 is 0. The van der Waals surface area contributed by atoms with Crippen molar-refractivity contribution < 1.29 is 33.7 Å². The number of nitrogens with one attached hydrogen (secondary N) is 2. The van der Waals surface area contributed by atoms with Gasteiger partial charge in [-0.1, -0.05) is 84.0 Å². The highest BCUT2D eigenvalue weighted by Crippen LogP contribution is 2.13. The van der Waals surface area contributed by atoms with Crippen LogP contribution in [0.15, 0.2) is 0 Å². The lowest BCUT2D eigenvalue weighted by Crippen LogP contribution is -2.41. The highest BCUT2D eigenvalue weighted by atomic mass is 16.5. The van der Waals surface area contributed by atoms with Crippen molar-refractivity contribution in [3.8, 4) is 0 Å². The van der Waals surface area contributed by atoms with Gasteiger partial charge in [0.15, 0.2) is 0 Å². The summed E-state index contributed by atoms with van der Waals surface area (Å²) in [5.41, 5.74) is 5.39. The first-order valence-corrected chi connectivity index (χ1v) is 16.2. The van der Waals surface area contributed by atoms with Crippen LogP contribution in [-0.2, 0) is 28.6 Å². The van der Waals surface area contributed by atoms with Gasteiger partial charge in [0.05, 0.1) is 26.4 Å². The van der Waals surface area contributed by atoms with E-state index in [0.29, 0.717) is 65.6 Å². The van der Waals surface area contributed by atoms with Crippen molar-refractivity contribution in [2.24, 2.45) is 5.73 Å². The Morgan fingerprint density at radius 3 is 1.63 bits per heavy atom. The number of carboxylic acids is 1. The fourth-order valence-electron chi connectivity index (χ4n) is 4.32. The van der Waals surface area contributed by atoms with E-state index in [9.17, 15) is 19.5 Å². The molecular formula is C31H61N3O7. The number of nitrogens with two attached hydrogens (primary N) is 1. The molecule has 0 saturated heterocycles. The standard InChI is InChI=1S/C31H61N3O7/c1-2-3-4-5-6-7-8-9-10-11-12-13-14-17-30(36)34-28(31(37)38)18-19-29(35)33-21-16-23-40-25-27-41-26-24-39-22-15-20-32/h28H,2-27,32H2,1H3,(H,33,35)(H,34,36)(H,37,38)/t28-/m0/s1. The van der Waals surface area contributed by atoms with Crippen molar-refractivity contribution in [1.29, 1.82) is 0 Å². The highest BCUT2D eigenvalue weighted by molar-refractivity contribution is 5.84. The van der Waals surface area contributed by atoms with Gasteiger partial charge in [-0.15, -0.1) is 0 Å². The predicted octanol–water partition coefficient (Wildman–Crippen LogP) is 4.72. The zero-order valence-electron chi connectivity index (χ0n) is 25.9. The maximum absolute atomic E-state index is 12.2. The van der Waals surface area contributed by atoms with Crippen LogP contribution >= 0.6 is 0 Å². The van der Waals surface area contributed by atoms with Crippen molar-refractivity contribution in [3.05, 3.63) is 0 Å². The minimum atomic E-state index is -1.12. The number of carbonyl (C=O) groups excluding carboxylic acids is 2. The van der Waals surface area contributed by atoms with E-state index in [2.05, 4.69) is 17.6 Å². The topological polar surface area (TPSA) is 149 Å². The molecule has 0 aromatic carbocycles. The minimum Gasteiger partial charge on any atom is -0.480 e. The molecule has 0 aromatic heterocycles. The van der Waals surface area contributed by atoms with E-state index in [-0.39, 0.29) is 24.7 Å². The molecule has 0 aliphatic carbocycles. The second-order valence-corrected chi connectivity index (χ2v) is 10.7. The minimum absolute atomic E-state index is 0.0397. The van der Waals surface area contributed by atoms with Crippen molar-refractivity contribution in [2.45, 2.75) is 129 Å². The van der Waals surface area contributed by atoms with Crippen LogP contribution in [0.5, 0.6) is 0 Å². The molecule has 0 saturated carbocycles. The first-order valence-electron chi connectivity index (χ1n) is 16.2. The lowest BCUT2D eigenvalue weighted by molar-refractivity contribution is -0.142. The second kappa shape index (κ2) is 31.2. The molecule has 10 nitrogen and oxygen atoms in total. The SMILES string of the molecule is CCCCCCCCCCCCCCCC(=O)N[C@@H](CCC(=O)NCCCOCCOCCOCCCN)C(=O)O. The lowest BCUT2D eigenvalue weighted by atomic mass is 10.0. The summed E-state index contributed by atoms with van der Waals surface area (Å²) in [6.07, 6.45) is 17.9. The van der Waals surface area contributed by atoms with Crippen molar-refractivity contribution >= 4 is 17.8 Å². The number of aliphatic carboxylic acids is 1. The molecule has 0 aromatic rings. The number of hydrogen-bond donors (Lipinski definition) is 4. The monoisotopic (exact) mass is 587 g/mol. The van der Waals surface area contributed by atoms with Gasteiger partial charge in [-0.2, -0.15) is 0 Å². The van der Waals surface area contributed by atoms with Crippen LogP contribution in [0.3, 0.4) is 0 Å². The summed E-state index contributed by atoms with van der Waals surface area (Å²) in [5, 5.41) is 14.8. The Balaban J connectivity index is 3.66. The number of rotatable bonds is 32. The lowest BCUT2D eigenvalue weighted by Gasteiger charge is -2.14. The number of hydrogen-bond acceptors (Lipinski definition) is 7. The quantitative estimate of drug-likeness (QED) is 0.0826. The molecule has 0 aliphatic rings. The molecule has 0 unspecified atom stereocenters. The van der Waals surface area contributed by atoms with Crippen LogP contribution in [-0.4, -0.2) is 81.7 Å². The summed E-state index contributed by atoms with van der Waals surface area (Å²) in [6, 6.07) is -1.05. The third-order valence-electron chi connectivity index (χ3n) is 6.83. The third-order valence-corrected chi connectivity index (χ3v) is 6.83. The van der Waals surface area contributed by atoms with E-state index in [4.69, 9.17) is 19.9 Å². The van der Waals surface area contributed by atoms with Crippen LogP contribution in [0.1, 0.15) is 122 Å². The molecule has 0 heterocycles. The molecule has 41 heavy (non-hydrogen) atoms. The van der Waals surface area contributed by atoms with Crippen molar-refractivity contribution in [3.63, 3.8) is 0 Å². The maximum atomic E-state index is 12.2. The van der Waals surface area contributed by atoms with E-state index in [1.165, 1.54) is 64.2 Å². The molecule has 242 valence electrons. The summed E-state index contributed by atoms with van der Waals surface area (Å²) in [7, 11) is 0. The molecule has 0 spiro atoms. The van der Waals surface area contributed by atoms with E-state index in [0.717, 1.165) is 25.7 Å². The van der Waals surface area contributed by atoms with Gasteiger partial charge in [0.1, 0.15) is 6.04 Å². The summed E-state index contributed by atoms with van der Waals surface area (Å²) in [5.74, 6) is -1.62. The van der Waals surface area contributed by atoms with E-state index >= 15 is 0 Å². The van der Waals surface area contributed by atoms with Gasteiger partial charge in [-0.3, -0.25) is 9.59 Å². The Hall–Kier alpha value is -1.75. The summed E-state index contributed by atoms with van der Waals surface area (Å²) in [4.78, 5) is 35.8. The smallest absolute Gasteiger partial charge is 0.326 e. The van der Waals surface area contributed by atoms with E-state index in [1.807, 2.05) is 0 Å². The Labute approximate surface area is 249 Å². The molecule has 2 amide bonds. The molecule has 0 fully saturated rings. The molecule has 5 N–H and O–H groups in total. The first kappa shape index (κ1) is 39.2. The van der Waals surface area contributed by atoms with Crippen LogP contribution in [0.25, 0.3) is 0 Å². The third kappa shape index (κ3) is 29.5. The van der Waals surface area contributed by atoms with Crippen molar-refractivity contribution in [1.82, 2.24) is 10.6 Å². The molecular weight excluding hydrogens is 526 g/mol. The molecule has 0 rings (SSSR count). The van der Waals surface area contributed by atoms with Crippen LogP contribution < -0.4 is 16.4 Å². The van der Waals surface area contributed by atoms with Gasteiger partial charge in [0.25, 0.3) is 0 Å². The Morgan fingerprint density at radius 2 is 1.12 bits per heavy atom. The number of ether oxygens (including phenoxy) is 3. The average Bonchev–Trinajstić information content (AvgIpc) is 2.95. The molecule has 1 atom stereocenters. The van der Waals surface area contributed by atoms with E-state index in [1.54, 1.807) is 0 Å². The largest absolute Gasteiger partial charge is 0.480 e. The van der Waals surface area contributed by atoms with Gasteiger partial charge >= 0.3 is 5.97 Å².